The van der Waals surface area contributed by atoms with E-state index in [0.717, 1.165) is 12.1 Å². The molecule has 2 aromatic carbocycles. The van der Waals surface area contributed by atoms with E-state index in [1.807, 2.05) is 0 Å². The molecule has 0 unspecified atom stereocenters. The zero-order chi connectivity index (χ0) is 21.4. The monoisotopic (exact) mass is 429 g/mol. The molecular weight excluding hydrogens is 415 g/mol. The van der Waals surface area contributed by atoms with Crippen molar-refractivity contribution in [2.45, 2.75) is 19.2 Å². The molecule has 2 rings (SSSR count). The van der Waals surface area contributed by atoms with E-state index in [0.29, 0.717) is 10.6 Å². The van der Waals surface area contributed by atoms with Crippen LogP contribution in [0, 0.1) is 0 Å². The first-order chi connectivity index (χ1) is 13.6. The first kappa shape index (κ1) is 22.2. The number of Topliss-reactive ketones (excluding diaryl/α,β-unsaturated/α-hetero) is 1. The molecule has 0 bridgehead atoms. The molecule has 154 valence electrons. The Morgan fingerprint density at radius 1 is 0.931 bits per heavy atom. The van der Waals surface area contributed by atoms with Gasteiger partial charge in [-0.3, -0.25) is 14.4 Å². The summed E-state index contributed by atoms with van der Waals surface area (Å²) >= 11 is 5.73. The van der Waals surface area contributed by atoms with Gasteiger partial charge in [0.2, 0.25) is 0 Å². The van der Waals surface area contributed by atoms with Crippen LogP contribution in [0.1, 0.15) is 23.2 Å². The number of esters is 1. The fourth-order valence-electron chi connectivity index (χ4n) is 2.15. The second-order valence-corrected chi connectivity index (χ2v) is 6.15. The van der Waals surface area contributed by atoms with Crippen LogP contribution in [0.25, 0.3) is 0 Å². The van der Waals surface area contributed by atoms with Crippen LogP contribution in [0.3, 0.4) is 0 Å². The van der Waals surface area contributed by atoms with Crippen LogP contribution in [0.15, 0.2) is 48.5 Å². The van der Waals surface area contributed by atoms with E-state index in [1.54, 1.807) is 12.1 Å². The van der Waals surface area contributed by atoms with Crippen LogP contribution in [0.2, 0.25) is 5.02 Å². The van der Waals surface area contributed by atoms with E-state index in [4.69, 9.17) is 16.3 Å². The highest BCUT2D eigenvalue weighted by molar-refractivity contribution is 6.30. The van der Waals surface area contributed by atoms with Crippen molar-refractivity contribution in [2.24, 2.45) is 0 Å². The van der Waals surface area contributed by atoms with E-state index in [9.17, 15) is 27.6 Å². The van der Waals surface area contributed by atoms with E-state index in [-0.39, 0.29) is 24.3 Å². The topological polar surface area (TPSA) is 81.7 Å². The minimum Gasteiger partial charge on any atom is -0.456 e. The first-order valence-electron chi connectivity index (χ1n) is 8.22. The highest BCUT2D eigenvalue weighted by Gasteiger charge is 2.30. The number of anilines is 1. The average molecular weight is 430 g/mol. The number of hydrogen-bond acceptors (Lipinski definition) is 5. The van der Waals surface area contributed by atoms with Gasteiger partial charge in [0.1, 0.15) is 5.75 Å². The lowest BCUT2D eigenvalue weighted by Crippen LogP contribution is -2.21. The van der Waals surface area contributed by atoms with E-state index in [1.165, 1.54) is 24.3 Å². The lowest BCUT2D eigenvalue weighted by molar-refractivity contribution is -0.274. The van der Waals surface area contributed by atoms with E-state index >= 15 is 0 Å². The molecule has 29 heavy (non-hydrogen) atoms. The molecule has 6 nitrogen and oxygen atoms in total. The highest BCUT2D eigenvalue weighted by Crippen LogP contribution is 2.23. The molecule has 0 aliphatic heterocycles. The molecular formula is C19H15ClF3NO5. The van der Waals surface area contributed by atoms with Gasteiger partial charge in [0.05, 0.1) is 6.42 Å². The molecule has 1 amide bonds. The molecule has 0 atom stereocenters. The van der Waals surface area contributed by atoms with Crippen molar-refractivity contribution in [1.82, 2.24) is 0 Å². The van der Waals surface area contributed by atoms with Crippen molar-refractivity contribution in [3.63, 3.8) is 0 Å². The SMILES string of the molecule is O=C(COC(=O)CCC(=O)c1ccc(Cl)cc1)Nc1ccc(OC(F)(F)F)cc1. The number of nitrogens with one attached hydrogen (secondary N) is 1. The number of carbonyl (C=O) groups excluding carboxylic acids is 3. The maximum Gasteiger partial charge on any atom is 0.573 e. The summed E-state index contributed by atoms with van der Waals surface area (Å²) < 4.78 is 44.7. The van der Waals surface area contributed by atoms with Crippen LogP contribution in [0.4, 0.5) is 18.9 Å². The summed E-state index contributed by atoms with van der Waals surface area (Å²) in [6.07, 6.45) is -5.12. The molecule has 0 heterocycles. The van der Waals surface area contributed by atoms with Gasteiger partial charge in [-0.05, 0) is 48.5 Å². The van der Waals surface area contributed by atoms with Gasteiger partial charge in [-0.1, -0.05) is 11.6 Å². The van der Waals surface area contributed by atoms with Crippen molar-refractivity contribution in [1.29, 1.82) is 0 Å². The Labute approximate surface area is 168 Å². The van der Waals surface area contributed by atoms with Crippen molar-refractivity contribution in [2.75, 3.05) is 11.9 Å². The van der Waals surface area contributed by atoms with Crippen LogP contribution < -0.4 is 10.1 Å². The second kappa shape index (κ2) is 9.92. The number of rotatable bonds is 8. The first-order valence-corrected chi connectivity index (χ1v) is 8.60. The zero-order valence-electron chi connectivity index (χ0n) is 14.8. The predicted molar refractivity (Wildman–Crippen MR) is 97.7 cm³/mol. The highest BCUT2D eigenvalue weighted by atomic mass is 35.5. The van der Waals surface area contributed by atoms with Crippen LogP contribution in [-0.2, 0) is 14.3 Å². The lowest BCUT2D eigenvalue weighted by Gasteiger charge is -2.10. The number of ether oxygens (including phenoxy) is 2. The zero-order valence-corrected chi connectivity index (χ0v) is 15.5. The van der Waals surface area contributed by atoms with E-state index < -0.39 is 30.6 Å². The second-order valence-electron chi connectivity index (χ2n) is 5.71. The fourth-order valence-corrected chi connectivity index (χ4v) is 2.28. The number of carbonyl (C=O) groups is 3. The number of halogens is 4. The Balaban J connectivity index is 1.72. The molecule has 0 saturated carbocycles. The Kier molecular flexibility index (Phi) is 7.60. The minimum atomic E-state index is -4.81. The molecule has 0 radical (unpaired) electrons. The molecule has 0 aromatic heterocycles. The molecule has 2 aromatic rings. The quantitative estimate of drug-likeness (QED) is 0.497. The maximum atomic E-state index is 12.1. The van der Waals surface area contributed by atoms with Gasteiger partial charge in [-0.2, -0.15) is 0 Å². The Hall–Kier alpha value is -3.07. The summed E-state index contributed by atoms with van der Waals surface area (Å²) in [4.78, 5) is 35.4. The number of benzene rings is 2. The number of hydrogen-bond donors (Lipinski definition) is 1. The van der Waals surface area contributed by atoms with Gasteiger partial charge in [0.15, 0.2) is 12.4 Å². The third kappa shape index (κ3) is 8.22. The van der Waals surface area contributed by atoms with Crippen molar-refractivity contribution < 1.29 is 37.0 Å². The Morgan fingerprint density at radius 3 is 2.14 bits per heavy atom. The van der Waals surface area contributed by atoms with Gasteiger partial charge in [0, 0.05) is 22.7 Å². The molecule has 0 fully saturated rings. The van der Waals surface area contributed by atoms with Gasteiger partial charge in [-0.15, -0.1) is 13.2 Å². The Morgan fingerprint density at radius 2 is 1.55 bits per heavy atom. The summed E-state index contributed by atoms with van der Waals surface area (Å²) in [5.74, 6) is -2.14. The van der Waals surface area contributed by atoms with Crippen molar-refractivity contribution >= 4 is 34.9 Å². The Bertz CT molecular complexity index is 867. The van der Waals surface area contributed by atoms with Gasteiger partial charge in [-0.25, -0.2) is 0 Å². The van der Waals surface area contributed by atoms with Crippen LogP contribution in [0.5, 0.6) is 5.75 Å². The van der Waals surface area contributed by atoms with Gasteiger partial charge < -0.3 is 14.8 Å². The molecule has 0 aliphatic carbocycles. The summed E-state index contributed by atoms with van der Waals surface area (Å²) in [6, 6.07) is 10.6. The van der Waals surface area contributed by atoms with Gasteiger partial charge >= 0.3 is 12.3 Å². The molecule has 1 N–H and O–H groups in total. The lowest BCUT2D eigenvalue weighted by atomic mass is 10.1. The molecule has 0 saturated heterocycles. The fraction of sp³-hybridized carbons (Fsp3) is 0.211. The summed E-state index contributed by atoms with van der Waals surface area (Å²) in [5.41, 5.74) is 0.594. The summed E-state index contributed by atoms with van der Waals surface area (Å²) in [7, 11) is 0. The summed E-state index contributed by atoms with van der Waals surface area (Å²) in [5, 5.41) is 2.83. The number of ketones is 1. The molecule has 0 spiro atoms. The third-order valence-electron chi connectivity index (χ3n) is 3.46. The van der Waals surface area contributed by atoms with Crippen molar-refractivity contribution in [3.8, 4) is 5.75 Å². The molecule has 0 aliphatic rings. The third-order valence-corrected chi connectivity index (χ3v) is 3.71. The normalized spacial score (nSPS) is 10.9. The van der Waals surface area contributed by atoms with Crippen LogP contribution in [-0.4, -0.2) is 30.6 Å². The smallest absolute Gasteiger partial charge is 0.456 e. The minimum absolute atomic E-state index is 0.0945. The maximum absolute atomic E-state index is 12.1. The van der Waals surface area contributed by atoms with Gasteiger partial charge in [0.25, 0.3) is 5.91 Å². The van der Waals surface area contributed by atoms with Crippen LogP contribution >= 0.6 is 11.6 Å². The van der Waals surface area contributed by atoms with E-state index in [2.05, 4.69) is 10.1 Å². The predicted octanol–water partition coefficient (Wildman–Crippen LogP) is 4.38. The van der Waals surface area contributed by atoms with Crippen molar-refractivity contribution in [3.05, 3.63) is 59.1 Å². The summed E-state index contributed by atoms with van der Waals surface area (Å²) in [6.45, 7) is -0.602. The standard InChI is InChI=1S/C19H15ClF3NO5/c20-13-3-1-12(2-4-13)16(25)9-10-18(27)28-11-17(26)24-14-5-7-15(8-6-14)29-19(21,22)23/h1-8H,9-11H2,(H,24,26). The average Bonchev–Trinajstić information content (AvgIpc) is 2.65. The largest absolute Gasteiger partial charge is 0.573 e. The number of amides is 1. The number of alkyl halides is 3. The molecule has 10 heteroatoms.